The number of methoxy groups -OCH3 is 1. The Hall–Kier alpha value is -1.47. The van der Waals surface area contributed by atoms with Crippen LogP contribution in [0.15, 0.2) is 0 Å². The molecule has 2 rings (SSSR count). The van der Waals surface area contributed by atoms with Crippen LogP contribution in [0.3, 0.4) is 0 Å². The molecule has 1 aliphatic carbocycles. The summed E-state index contributed by atoms with van der Waals surface area (Å²) in [5.74, 6) is -1.29. The van der Waals surface area contributed by atoms with Crippen molar-refractivity contribution in [3.8, 4) is 0 Å². The van der Waals surface area contributed by atoms with E-state index in [1.807, 2.05) is 0 Å². The largest absolute Gasteiger partial charge is 0.480 e. The van der Waals surface area contributed by atoms with E-state index in [9.17, 15) is 14.7 Å². The Bertz CT molecular complexity index is 548. The molecule has 0 atom stereocenters. The lowest BCUT2D eigenvalue weighted by atomic mass is 9.90. The zero-order chi connectivity index (χ0) is 16.2. The molecule has 0 spiro atoms. The Morgan fingerprint density at radius 1 is 1.32 bits per heavy atom. The molecule has 122 valence electrons. The highest BCUT2D eigenvalue weighted by atomic mass is 32.1. The summed E-state index contributed by atoms with van der Waals surface area (Å²) in [6.45, 7) is 2.11. The fraction of sp³-hybridized carbons (Fsp3) is 0.667. The van der Waals surface area contributed by atoms with Gasteiger partial charge < -0.3 is 15.2 Å². The number of nitrogens with one attached hydrogen (secondary N) is 1. The number of carboxylic acids is 1. The highest BCUT2D eigenvalue weighted by Crippen LogP contribution is 2.29. The lowest BCUT2D eigenvalue weighted by molar-refractivity contribution is -0.145. The molecular weight excluding hydrogens is 304 g/mol. The van der Waals surface area contributed by atoms with Gasteiger partial charge in [0.25, 0.3) is 5.91 Å². The van der Waals surface area contributed by atoms with E-state index in [1.165, 1.54) is 11.3 Å². The van der Waals surface area contributed by atoms with Crippen LogP contribution >= 0.6 is 11.3 Å². The number of thiazole rings is 1. The van der Waals surface area contributed by atoms with E-state index in [1.54, 1.807) is 14.0 Å². The Labute approximate surface area is 133 Å². The highest BCUT2D eigenvalue weighted by Gasteiger charge is 2.40. The molecule has 1 fully saturated rings. The minimum atomic E-state index is -1.15. The monoisotopic (exact) mass is 326 g/mol. The van der Waals surface area contributed by atoms with E-state index >= 15 is 0 Å². The molecule has 0 aromatic carbocycles. The van der Waals surface area contributed by atoms with Crippen molar-refractivity contribution in [3.05, 3.63) is 15.6 Å². The van der Waals surface area contributed by atoms with Crippen LogP contribution in [0.25, 0.3) is 0 Å². The Morgan fingerprint density at radius 2 is 1.95 bits per heavy atom. The number of aromatic nitrogens is 1. The van der Waals surface area contributed by atoms with Crippen molar-refractivity contribution in [1.82, 2.24) is 10.3 Å². The van der Waals surface area contributed by atoms with E-state index in [0.29, 0.717) is 30.0 Å². The van der Waals surface area contributed by atoms with Crippen LogP contribution in [0, 0.1) is 6.92 Å². The lowest BCUT2D eigenvalue weighted by Gasteiger charge is -2.29. The Balaban J connectivity index is 2.19. The van der Waals surface area contributed by atoms with Gasteiger partial charge in [-0.15, -0.1) is 11.3 Å². The highest BCUT2D eigenvalue weighted by molar-refractivity contribution is 7.13. The third kappa shape index (κ3) is 3.64. The van der Waals surface area contributed by atoms with Gasteiger partial charge in [-0.05, 0) is 19.8 Å². The normalized spacial score (nSPS) is 17.7. The molecule has 1 aromatic rings. The van der Waals surface area contributed by atoms with Gasteiger partial charge in [0.05, 0.1) is 12.3 Å². The molecule has 7 heteroatoms. The molecule has 0 bridgehead atoms. The number of rotatable bonds is 5. The van der Waals surface area contributed by atoms with Crippen LogP contribution in [0.1, 0.15) is 58.9 Å². The summed E-state index contributed by atoms with van der Waals surface area (Å²) in [7, 11) is 1.57. The first-order chi connectivity index (χ1) is 10.5. The van der Waals surface area contributed by atoms with Crippen molar-refractivity contribution in [2.24, 2.45) is 0 Å². The smallest absolute Gasteiger partial charge is 0.329 e. The maximum Gasteiger partial charge on any atom is 0.329 e. The van der Waals surface area contributed by atoms with Gasteiger partial charge in [-0.2, -0.15) is 0 Å². The van der Waals surface area contributed by atoms with Crippen molar-refractivity contribution in [2.75, 3.05) is 7.11 Å². The summed E-state index contributed by atoms with van der Waals surface area (Å²) in [5, 5.41) is 13.1. The number of carbonyl (C=O) groups is 2. The molecule has 0 saturated heterocycles. The summed E-state index contributed by atoms with van der Waals surface area (Å²) in [6, 6.07) is 0. The van der Waals surface area contributed by atoms with Gasteiger partial charge in [0.15, 0.2) is 0 Å². The summed E-state index contributed by atoms with van der Waals surface area (Å²) in [6.07, 6.45) is 4.64. The van der Waals surface area contributed by atoms with Gasteiger partial charge in [0.1, 0.15) is 15.4 Å². The van der Waals surface area contributed by atoms with Crippen molar-refractivity contribution in [1.29, 1.82) is 0 Å². The molecular formula is C15H22N2O4S. The fourth-order valence-corrected chi connectivity index (χ4v) is 3.78. The molecule has 1 heterocycles. The molecule has 0 aliphatic heterocycles. The first-order valence-corrected chi connectivity index (χ1v) is 8.31. The molecule has 0 unspecified atom stereocenters. The number of carboxylic acid groups (broad SMARTS) is 1. The zero-order valence-corrected chi connectivity index (χ0v) is 13.8. The zero-order valence-electron chi connectivity index (χ0n) is 13.0. The topological polar surface area (TPSA) is 88.5 Å². The molecule has 0 radical (unpaired) electrons. The molecule has 1 aliphatic rings. The first kappa shape index (κ1) is 16.9. The van der Waals surface area contributed by atoms with Crippen LogP contribution in [-0.2, 0) is 16.1 Å². The summed E-state index contributed by atoms with van der Waals surface area (Å²) in [4.78, 5) is 29.0. The van der Waals surface area contributed by atoms with Gasteiger partial charge in [0.2, 0.25) is 0 Å². The third-order valence-electron chi connectivity index (χ3n) is 4.03. The average molecular weight is 326 g/mol. The number of nitrogens with zero attached hydrogens (tertiary/aromatic N) is 1. The maximum absolute atomic E-state index is 12.5. The van der Waals surface area contributed by atoms with Crippen molar-refractivity contribution >= 4 is 23.2 Å². The van der Waals surface area contributed by atoms with Gasteiger partial charge in [-0.3, -0.25) is 4.79 Å². The summed E-state index contributed by atoms with van der Waals surface area (Å²) >= 11 is 1.26. The van der Waals surface area contributed by atoms with E-state index in [-0.39, 0.29) is 5.91 Å². The Morgan fingerprint density at radius 3 is 2.50 bits per heavy atom. The number of ether oxygens (including phenoxy) is 1. The second-order valence-electron chi connectivity index (χ2n) is 5.71. The van der Waals surface area contributed by atoms with E-state index in [4.69, 9.17) is 4.74 Å². The van der Waals surface area contributed by atoms with Crippen LogP contribution in [-0.4, -0.2) is 34.6 Å². The van der Waals surface area contributed by atoms with Crippen molar-refractivity contribution in [3.63, 3.8) is 0 Å². The number of amides is 1. The standard InChI is InChI=1S/C15H22N2O4S/c1-10-12(22-11(16-10)9-21-2)13(18)17-15(14(19)20)7-5-3-4-6-8-15/h3-9H2,1-2H3,(H,17,18)(H,19,20). The summed E-state index contributed by atoms with van der Waals surface area (Å²) in [5.41, 5.74) is -0.533. The van der Waals surface area contributed by atoms with E-state index in [2.05, 4.69) is 10.3 Å². The number of hydrogen-bond acceptors (Lipinski definition) is 5. The number of aryl methyl sites for hydroxylation is 1. The molecule has 22 heavy (non-hydrogen) atoms. The number of carbonyl (C=O) groups excluding carboxylic acids is 1. The quantitative estimate of drug-likeness (QED) is 0.812. The van der Waals surface area contributed by atoms with Crippen molar-refractivity contribution in [2.45, 2.75) is 57.6 Å². The predicted octanol–water partition coefficient (Wildman–Crippen LogP) is 2.51. The lowest BCUT2D eigenvalue weighted by Crippen LogP contribution is -2.54. The first-order valence-electron chi connectivity index (χ1n) is 7.49. The average Bonchev–Trinajstić information content (AvgIpc) is 2.69. The second kappa shape index (κ2) is 7.19. The fourth-order valence-electron chi connectivity index (χ4n) is 2.85. The van der Waals surface area contributed by atoms with Gasteiger partial charge >= 0.3 is 5.97 Å². The van der Waals surface area contributed by atoms with Crippen LogP contribution in [0.2, 0.25) is 0 Å². The van der Waals surface area contributed by atoms with Gasteiger partial charge in [0, 0.05) is 7.11 Å². The minimum absolute atomic E-state index is 0.346. The molecule has 1 aromatic heterocycles. The number of aliphatic carboxylic acids is 1. The van der Waals surface area contributed by atoms with Gasteiger partial charge in [-0.25, -0.2) is 9.78 Å². The Kier molecular flexibility index (Phi) is 5.52. The number of hydrogen-bond donors (Lipinski definition) is 2. The summed E-state index contributed by atoms with van der Waals surface area (Å²) < 4.78 is 5.02. The molecule has 6 nitrogen and oxygen atoms in total. The van der Waals surface area contributed by atoms with E-state index in [0.717, 1.165) is 30.7 Å². The van der Waals surface area contributed by atoms with E-state index < -0.39 is 11.5 Å². The van der Waals surface area contributed by atoms with Crippen LogP contribution in [0.5, 0.6) is 0 Å². The second-order valence-corrected chi connectivity index (χ2v) is 6.79. The third-order valence-corrected chi connectivity index (χ3v) is 5.16. The molecule has 2 N–H and O–H groups in total. The maximum atomic E-state index is 12.5. The van der Waals surface area contributed by atoms with Crippen molar-refractivity contribution < 1.29 is 19.4 Å². The predicted molar refractivity (Wildman–Crippen MR) is 83.1 cm³/mol. The molecule has 1 saturated carbocycles. The molecule has 1 amide bonds. The van der Waals surface area contributed by atoms with Gasteiger partial charge in [-0.1, -0.05) is 25.7 Å². The van der Waals surface area contributed by atoms with Crippen LogP contribution < -0.4 is 5.32 Å². The van der Waals surface area contributed by atoms with Crippen LogP contribution in [0.4, 0.5) is 0 Å². The SMILES string of the molecule is COCc1nc(C)c(C(=O)NC2(C(=O)O)CCCCCC2)s1. The minimum Gasteiger partial charge on any atom is -0.480 e.